The second kappa shape index (κ2) is 6.22. The minimum absolute atomic E-state index is 0.443. The average molecular weight is 208 g/mol. The summed E-state index contributed by atoms with van der Waals surface area (Å²) < 4.78 is 0. The predicted molar refractivity (Wildman–Crippen MR) is 64.2 cm³/mol. The molecule has 0 aliphatic heterocycles. The molecule has 0 radical (unpaired) electrons. The Hall–Kier alpha value is -1.32. The Morgan fingerprint density at radius 2 is 2.20 bits per heavy atom. The van der Waals surface area contributed by atoms with Gasteiger partial charge in [0.2, 0.25) is 5.95 Å². The molecule has 1 rings (SSSR count). The second-order valence-corrected chi connectivity index (χ2v) is 3.65. The minimum atomic E-state index is 0.443. The Morgan fingerprint density at radius 1 is 1.40 bits per heavy atom. The fraction of sp³-hybridized carbons (Fsp3) is 0.636. The molecular formula is C11H20N4. The zero-order valence-corrected chi connectivity index (χ0v) is 9.75. The number of nitrogens with one attached hydrogen (secondary N) is 2. The van der Waals surface area contributed by atoms with Gasteiger partial charge in [-0.1, -0.05) is 13.8 Å². The Labute approximate surface area is 91.5 Å². The van der Waals surface area contributed by atoms with Gasteiger partial charge in [0.05, 0.1) is 0 Å². The molecule has 0 fully saturated rings. The minimum Gasteiger partial charge on any atom is -0.367 e. The first kappa shape index (κ1) is 11.8. The van der Waals surface area contributed by atoms with E-state index in [9.17, 15) is 0 Å². The van der Waals surface area contributed by atoms with E-state index in [-0.39, 0.29) is 0 Å². The quantitative estimate of drug-likeness (QED) is 0.754. The monoisotopic (exact) mass is 208 g/mol. The van der Waals surface area contributed by atoms with E-state index < -0.39 is 0 Å². The van der Waals surface area contributed by atoms with Gasteiger partial charge in [0.15, 0.2) is 0 Å². The van der Waals surface area contributed by atoms with Crippen LogP contribution in [-0.4, -0.2) is 22.6 Å². The lowest BCUT2D eigenvalue weighted by molar-refractivity contribution is 0.758. The molecule has 1 atom stereocenters. The Bertz CT molecular complexity index is 288. The fourth-order valence-corrected chi connectivity index (χ4v) is 1.12. The normalized spacial score (nSPS) is 12.2. The van der Waals surface area contributed by atoms with E-state index in [0.717, 1.165) is 25.2 Å². The van der Waals surface area contributed by atoms with Crippen LogP contribution in [0, 0.1) is 0 Å². The van der Waals surface area contributed by atoms with Crippen LogP contribution in [-0.2, 0) is 0 Å². The molecule has 0 aliphatic rings. The number of hydrogen-bond donors (Lipinski definition) is 2. The highest BCUT2D eigenvalue weighted by Crippen LogP contribution is 2.08. The van der Waals surface area contributed by atoms with Crippen molar-refractivity contribution in [2.24, 2.45) is 0 Å². The highest BCUT2D eigenvalue weighted by atomic mass is 15.1. The molecule has 1 aromatic heterocycles. The summed E-state index contributed by atoms with van der Waals surface area (Å²) in [7, 11) is 0. The largest absolute Gasteiger partial charge is 0.367 e. The highest BCUT2D eigenvalue weighted by molar-refractivity contribution is 5.40. The molecule has 0 spiro atoms. The summed E-state index contributed by atoms with van der Waals surface area (Å²) >= 11 is 0. The SMILES string of the molecule is CCCNc1nccc(NC(C)CC)n1. The Morgan fingerprint density at radius 3 is 2.87 bits per heavy atom. The maximum absolute atomic E-state index is 4.36. The van der Waals surface area contributed by atoms with Crippen LogP contribution in [0.1, 0.15) is 33.6 Å². The Balaban J connectivity index is 2.57. The Kier molecular flexibility index (Phi) is 4.87. The van der Waals surface area contributed by atoms with E-state index in [1.54, 1.807) is 6.20 Å². The molecule has 1 aromatic rings. The van der Waals surface area contributed by atoms with Gasteiger partial charge in [0, 0.05) is 18.8 Å². The van der Waals surface area contributed by atoms with Crippen LogP contribution < -0.4 is 10.6 Å². The summed E-state index contributed by atoms with van der Waals surface area (Å²) in [6.07, 6.45) is 3.93. The van der Waals surface area contributed by atoms with Gasteiger partial charge in [-0.15, -0.1) is 0 Å². The molecule has 0 aromatic carbocycles. The van der Waals surface area contributed by atoms with Crippen molar-refractivity contribution in [3.05, 3.63) is 12.3 Å². The maximum Gasteiger partial charge on any atom is 0.224 e. The third-order valence-corrected chi connectivity index (χ3v) is 2.20. The molecule has 1 heterocycles. The van der Waals surface area contributed by atoms with Crippen LogP contribution in [0.4, 0.5) is 11.8 Å². The molecular weight excluding hydrogens is 188 g/mol. The van der Waals surface area contributed by atoms with E-state index in [4.69, 9.17) is 0 Å². The van der Waals surface area contributed by atoms with E-state index in [1.165, 1.54) is 0 Å². The first-order valence-corrected chi connectivity index (χ1v) is 5.59. The molecule has 2 N–H and O–H groups in total. The first-order valence-electron chi connectivity index (χ1n) is 5.59. The summed E-state index contributed by atoms with van der Waals surface area (Å²) in [5, 5.41) is 6.48. The van der Waals surface area contributed by atoms with E-state index in [0.29, 0.717) is 12.0 Å². The van der Waals surface area contributed by atoms with Gasteiger partial charge in [-0.3, -0.25) is 0 Å². The van der Waals surface area contributed by atoms with Crippen LogP contribution in [0.25, 0.3) is 0 Å². The maximum atomic E-state index is 4.36. The smallest absolute Gasteiger partial charge is 0.224 e. The standard InChI is InChI=1S/C11H20N4/c1-4-7-12-11-13-8-6-10(15-11)14-9(3)5-2/h6,8-9H,4-5,7H2,1-3H3,(H2,12,13,14,15). The molecule has 4 nitrogen and oxygen atoms in total. The average Bonchev–Trinajstić information content (AvgIpc) is 2.26. The lowest BCUT2D eigenvalue weighted by atomic mass is 10.2. The van der Waals surface area contributed by atoms with E-state index in [2.05, 4.69) is 41.4 Å². The number of rotatable bonds is 6. The van der Waals surface area contributed by atoms with Crippen molar-refractivity contribution in [1.29, 1.82) is 0 Å². The number of anilines is 2. The van der Waals surface area contributed by atoms with Gasteiger partial charge < -0.3 is 10.6 Å². The molecule has 15 heavy (non-hydrogen) atoms. The molecule has 0 bridgehead atoms. The van der Waals surface area contributed by atoms with Crippen molar-refractivity contribution in [1.82, 2.24) is 9.97 Å². The molecule has 4 heteroatoms. The van der Waals surface area contributed by atoms with Crippen molar-refractivity contribution < 1.29 is 0 Å². The van der Waals surface area contributed by atoms with Gasteiger partial charge >= 0.3 is 0 Å². The molecule has 0 amide bonds. The summed E-state index contributed by atoms with van der Waals surface area (Å²) in [5.74, 6) is 1.59. The predicted octanol–water partition coefficient (Wildman–Crippen LogP) is 2.51. The van der Waals surface area contributed by atoms with E-state index in [1.807, 2.05) is 6.07 Å². The summed E-state index contributed by atoms with van der Waals surface area (Å²) in [5.41, 5.74) is 0. The van der Waals surface area contributed by atoms with Crippen LogP contribution in [0.3, 0.4) is 0 Å². The van der Waals surface area contributed by atoms with Gasteiger partial charge in [-0.25, -0.2) is 4.98 Å². The van der Waals surface area contributed by atoms with Crippen LogP contribution >= 0.6 is 0 Å². The number of nitrogens with zero attached hydrogens (tertiary/aromatic N) is 2. The van der Waals surface area contributed by atoms with Gasteiger partial charge in [0.1, 0.15) is 5.82 Å². The van der Waals surface area contributed by atoms with Crippen molar-refractivity contribution in [3.63, 3.8) is 0 Å². The lowest BCUT2D eigenvalue weighted by Crippen LogP contribution is -2.15. The van der Waals surface area contributed by atoms with E-state index >= 15 is 0 Å². The lowest BCUT2D eigenvalue weighted by Gasteiger charge is -2.12. The van der Waals surface area contributed by atoms with Crippen molar-refractivity contribution in [2.45, 2.75) is 39.7 Å². The molecule has 0 saturated carbocycles. The summed E-state index contributed by atoms with van der Waals surface area (Å²) in [4.78, 5) is 8.51. The third-order valence-electron chi connectivity index (χ3n) is 2.20. The first-order chi connectivity index (χ1) is 7.26. The zero-order valence-electron chi connectivity index (χ0n) is 9.75. The summed E-state index contributed by atoms with van der Waals surface area (Å²) in [6.45, 7) is 7.32. The molecule has 84 valence electrons. The van der Waals surface area contributed by atoms with Gasteiger partial charge in [-0.05, 0) is 25.8 Å². The molecule has 0 aliphatic carbocycles. The molecule has 1 unspecified atom stereocenters. The number of aromatic nitrogens is 2. The zero-order chi connectivity index (χ0) is 11.1. The van der Waals surface area contributed by atoms with Crippen molar-refractivity contribution in [3.8, 4) is 0 Å². The van der Waals surface area contributed by atoms with Crippen molar-refractivity contribution in [2.75, 3.05) is 17.2 Å². The van der Waals surface area contributed by atoms with Crippen molar-refractivity contribution >= 4 is 11.8 Å². The van der Waals surface area contributed by atoms with Crippen LogP contribution in [0.5, 0.6) is 0 Å². The second-order valence-electron chi connectivity index (χ2n) is 3.65. The number of hydrogen-bond acceptors (Lipinski definition) is 4. The van der Waals surface area contributed by atoms with Crippen LogP contribution in [0.2, 0.25) is 0 Å². The third kappa shape index (κ3) is 4.14. The van der Waals surface area contributed by atoms with Gasteiger partial charge in [0.25, 0.3) is 0 Å². The van der Waals surface area contributed by atoms with Crippen LogP contribution in [0.15, 0.2) is 12.3 Å². The highest BCUT2D eigenvalue weighted by Gasteiger charge is 2.01. The fourth-order valence-electron chi connectivity index (χ4n) is 1.12. The molecule has 0 saturated heterocycles. The topological polar surface area (TPSA) is 49.8 Å². The van der Waals surface area contributed by atoms with Gasteiger partial charge in [-0.2, -0.15) is 4.98 Å². The summed E-state index contributed by atoms with van der Waals surface area (Å²) in [6, 6.07) is 2.34.